The van der Waals surface area contributed by atoms with Gasteiger partial charge in [0.15, 0.2) is 0 Å². The molecule has 0 aliphatic rings. The molecule has 0 heterocycles. The van der Waals surface area contributed by atoms with Crippen LogP contribution in [-0.2, 0) is 22.4 Å². The van der Waals surface area contributed by atoms with Gasteiger partial charge in [-0.2, -0.15) is 0 Å². The van der Waals surface area contributed by atoms with Crippen molar-refractivity contribution in [1.29, 1.82) is 0 Å². The summed E-state index contributed by atoms with van der Waals surface area (Å²) in [5.41, 5.74) is 7.38. The van der Waals surface area contributed by atoms with Crippen LogP contribution in [0.5, 0.6) is 0 Å². The van der Waals surface area contributed by atoms with Crippen molar-refractivity contribution < 1.29 is 9.59 Å². The third kappa shape index (κ3) is 4.60. The molecule has 3 aromatic rings. The molecule has 4 nitrogen and oxygen atoms in total. The van der Waals surface area contributed by atoms with E-state index in [4.69, 9.17) is 5.73 Å². The van der Waals surface area contributed by atoms with Crippen molar-refractivity contribution in [1.82, 2.24) is 5.32 Å². The van der Waals surface area contributed by atoms with E-state index in [1.165, 1.54) is 0 Å². The van der Waals surface area contributed by atoms with Gasteiger partial charge in [0.05, 0.1) is 6.42 Å². The summed E-state index contributed by atoms with van der Waals surface area (Å²) in [6, 6.07) is 20.9. The zero-order valence-electron chi connectivity index (χ0n) is 14.1. The minimum absolute atomic E-state index is 0.209. The van der Waals surface area contributed by atoms with E-state index < -0.39 is 11.9 Å². The molecule has 132 valence electrons. The fourth-order valence-electron chi connectivity index (χ4n) is 2.89. The number of carbonyl (C=O) groups excluding carboxylic acids is 2. The van der Waals surface area contributed by atoms with Gasteiger partial charge in [-0.1, -0.05) is 60.7 Å². The number of carbonyl (C=O) groups is 2. The average molecular weight is 458 g/mol. The lowest BCUT2D eigenvalue weighted by Gasteiger charge is -2.16. The largest absolute Gasteiger partial charge is 0.368 e. The molecule has 0 unspecified atom stereocenters. The predicted molar refractivity (Wildman–Crippen MR) is 112 cm³/mol. The maximum Gasteiger partial charge on any atom is 0.240 e. The number of benzene rings is 3. The predicted octanol–water partition coefficient (Wildman–Crippen LogP) is 3.20. The summed E-state index contributed by atoms with van der Waals surface area (Å²) in [4.78, 5) is 24.2. The molecule has 3 rings (SSSR count). The lowest BCUT2D eigenvalue weighted by molar-refractivity contribution is -0.127. The molecule has 0 fully saturated rings. The first-order valence-corrected chi connectivity index (χ1v) is 9.40. The number of nitrogens with one attached hydrogen (secondary N) is 1. The van der Waals surface area contributed by atoms with Gasteiger partial charge in [0, 0.05) is 9.99 Å². The van der Waals surface area contributed by atoms with Crippen molar-refractivity contribution in [3.63, 3.8) is 0 Å². The van der Waals surface area contributed by atoms with E-state index in [1.54, 1.807) is 0 Å². The van der Waals surface area contributed by atoms with Crippen LogP contribution in [0.25, 0.3) is 10.8 Å². The number of hydrogen-bond donors (Lipinski definition) is 2. The highest BCUT2D eigenvalue weighted by Crippen LogP contribution is 2.16. The van der Waals surface area contributed by atoms with Crippen LogP contribution in [0.4, 0.5) is 0 Å². The highest BCUT2D eigenvalue weighted by molar-refractivity contribution is 14.1. The molecule has 0 saturated carbocycles. The van der Waals surface area contributed by atoms with Crippen molar-refractivity contribution in [2.24, 2.45) is 5.73 Å². The van der Waals surface area contributed by atoms with E-state index >= 15 is 0 Å². The summed E-state index contributed by atoms with van der Waals surface area (Å²) < 4.78 is 1.04. The second-order valence-corrected chi connectivity index (χ2v) is 7.34. The van der Waals surface area contributed by atoms with E-state index in [1.807, 2.05) is 66.7 Å². The maximum absolute atomic E-state index is 12.4. The summed E-state index contributed by atoms with van der Waals surface area (Å²) in [6.07, 6.45) is 0.596. The zero-order chi connectivity index (χ0) is 18.5. The van der Waals surface area contributed by atoms with Gasteiger partial charge in [-0.05, 0) is 50.6 Å². The first-order chi connectivity index (χ1) is 12.5. The first-order valence-electron chi connectivity index (χ1n) is 8.32. The topological polar surface area (TPSA) is 72.2 Å². The second kappa shape index (κ2) is 8.31. The van der Waals surface area contributed by atoms with Gasteiger partial charge in [0.1, 0.15) is 6.04 Å². The molecule has 1 atom stereocenters. The minimum atomic E-state index is -0.723. The van der Waals surface area contributed by atoms with Crippen molar-refractivity contribution in [2.75, 3.05) is 0 Å². The fraction of sp³-hybridized carbons (Fsp3) is 0.143. The Bertz CT molecular complexity index is 955. The third-order valence-electron chi connectivity index (χ3n) is 4.24. The molecule has 2 amide bonds. The van der Waals surface area contributed by atoms with Crippen LogP contribution in [0.3, 0.4) is 0 Å². The van der Waals surface area contributed by atoms with E-state index in [0.717, 1.165) is 25.5 Å². The molecule has 3 N–H and O–H groups in total. The van der Waals surface area contributed by atoms with Gasteiger partial charge < -0.3 is 11.1 Å². The van der Waals surface area contributed by atoms with Crippen molar-refractivity contribution in [2.45, 2.75) is 18.9 Å². The Balaban J connectivity index is 1.69. The van der Waals surface area contributed by atoms with Gasteiger partial charge in [-0.3, -0.25) is 9.59 Å². The number of fused-ring (bicyclic) bond motifs is 1. The molecule has 0 aliphatic heterocycles. The molecule has 3 aromatic carbocycles. The Morgan fingerprint density at radius 2 is 1.65 bits per heavy atom. The number of rotatable bonds is 6. The van der Waals surface area contributed by atoms with Crippen LogP contribution in [0, 0.1) is 3.57 Å². The van der Waals surface area contributed by atoms with Gasteiger partial charge in [-0.25, -0.2) is 0 Å². The van der Waals surface area contributed by atoms with Gasteiger partial charge in [0.25, 0.3) is 0 Å². The van der Waals surface area contributed by atoms with Gasteiger partial charge in [0.2, 0.25) is 11.8 Å². The van der Waals surface area contributed by atoms with Crippen LogP contribution in [-0.4, -0.2) is 17.9 Å². The number of halogens is 1. The van der Waals surface area contributed by atoms with Crippen LogP contribution in [0.2, 0.25) is 0 Å². The smallest absolute Gasteiger partial charge is 0.240 e. The standard InChI is InChI=1S/C21H19IN2O2/c22-18-8-4-3-7-17(18)13-19(21(23)26)24-20(25)12-14-9-10-15-5-1-2-6-16(15)11-14/h1-11,19H,12-13H2,(H2,23,26)(H,24,25)/t19-/m0/s1. The van der Waals surface area contributed by atoms with E-state index in [2.05, 4.69) is 27.9 Å². The fourth-order valence-corrected chi connectivity index (χ4v) is 3.49. The summed E-state index contributed by atoms with van der Waals surface area (Å²) in [7, 11) is 0. The summed E-state index contributed by atoms with van der Waals surface area (Å²) in [5, 5.41) is 4.99. The molecule has 0 radical (unpaired) electrons. The van der Waals surface area contributed by atoms with E-state index in [9.17, 15) is 9.59 Å². The normalized spacial score (nSPS) is 11.9. The van der Waals surface area contributed by atoms with Crippen molar-refractivity contribution in [3.05, 3.63) is 81.4 Å². The molecular weight excluding hydrogens is 439 g/mol. The number of nitrogens with two attached hydrogens (primary N) is 1. The maximum atomic E-state index is 12.4. The molecular formula is C21H19IN2O2. The third-order valence-corrected chi connectivity index (χ3v) is 5.29. The van der Waals surface area contributed by atoms with Gasteiger partial charge in [-0.15, -0.1) is 0 Å². The molecule has 0 saturated heterocycles. The lowest BCUT2D eigenvalue weighted by atomic mass is 10.0. The molecule has 5 heteroatoms. The number of primary amides is 1. The van der Waals surface area contributed by atoms with Crippen molar-refractivity contribution in [3.8, 4) is 0 Å². The van der Waals surface area contributed by atoms with Crippen LogP contribution in [0.15, 0.2) is 66.7 Å². The number of hydrogen-bond acceptors (Lipinski definition) is 2. The van der Waals surface area contributed by atoms with Crippen LogP contribution in [0.1, 0.15) is 11.1 Å². The molecule has 0 aromatic heterocycles. The Morgan fingerprint density at radius 3 is 2.38 bits per heavy atom. The quantitative estimate of drug-likeness (QED) is 0.557. The SMILES string of the molecule is NC(=O)[C@H](Cc1ccccc1I)NC(=O)Cc1ccc2ccccc2c1. The average Bonchev–Trinajstić information content (AvgIpc) is 2.62. The Kier molecular flexibility index (Phi) is 5.88. The zero-order valence-corrected chi connectivity index (χ0v) is 16.3. The molecule has 0 aliphatic carbocycles. The summed E-state index contributed by atoms with van der Waals surface area (Å²) >= 11 is 2.21. The highest BCUT2D eigenvalue weighted by Gasteiger charge is 2.19. The Hall–Kier alpha value is -2.41. The van der Waals surface area contributed by atoms with E-state index in [0.29, 0.717) is 6.42 Å². The molecule has 0 bridgehead atoms. The molecule has 0 spiro atoms. The van der Waals surface area contributed by atoms with Gasteiger partial charge >= 0.3 is 0 Å². The molecule has 26 heavy (non-hydrogen) atoms. The monoisotopic (exact) mass is 458 g/mol. The summed E-state index contributed by atoms with van der Waals surface area (Å²) in [6.45, 7) is 0. The van der Waals surface area contributed by atoms with Crippen LogP contribution >= 0.6 is 22.6 Å². The highest BCUT2D eigenvalue weighted by atomic mass is 127. The lowest BCUT2D eigenvalue weighted by Crippen LogP contribution is -2.46. The Labute approximate surface area is 165 Å². The number of amides is 2. The Morgan fingerprint density at radius 1 is 0.962 bits per heavy atom. The van der Waals surface area contributed by atoms with Crippen LogP contribution < -0.4 is 11.1 Å². The second-order valence-electron chi connectivity index (χ2n) is 6.18. The van der Waals surface area contributed by atoms with E-state index in [-0.39, 0.29) is 12.3 Å². The summed E-state index contributed by atoms with van der Waals surface area (Å²) in [5.74, 6) is -0.744. The minimum Gasteiger partial charge on any atom is -0.368 e. The van der Waals surface area contributed by atoms with Crippen molar-refractivity contribution >= 4 is 45.2 Å². The first kappa shape index (κ1) is 18.4.